The summed E-state index contributed by atoms with van der Waals surface area (Å²) in [4.78, 5) is 4.03. The molecule has 3 aromatic rings. The molecule has 0 N–H and O–H groups in total. The van der Waals surface area contributed by atoms with E-state index < -0.39 is 21.7 Å². The Morgan fingerprint density at radius 1 is 1.16 bits per heavy atom. The van der Waals surface area contributed by atoms with Gasteiger partial charge < -0.3 is 0 Å². The molecule has 0 spiro atoms. The highest BCUT2D eigenvalue weighted by atomic mass is 32.2. The van der Waals surface area contributed by atoms with Crippen molar-refractivity contribution >= 4 is 15.7 Å². The quantitative estimate of drug-likeness (QED) is 0.698. The summed E-state index contributed by atoms with van der Waals surface area (Å²) in [6.45, 7) is 2.20. The van der Waals surface area contributed by atoms with E-state index in [1.54, 1.807) is 10.7 Å². The lowest BCUT2D eigenvalue weighted by Crippen LogP contribution is -2.37. The van der Waals surface area contributed by atoms with Gasteiger partial charge in [0.2, 0.25) is 10.0 Å². The zero-order valence-electron chi connectivity index (χ0n) is 13.3. The van der Waals surface area contributed by atoms with E-state index in [-0.39, 0.29) is 18.0 Å². The van der Waals surface area contributed by atoms with E-state index in [0.717, 1.165) is 29.1 Å². The lowest BCUT2D eigenvalue weighted by molar-refractivity contribution is 0.383. The summed E-state index contributed by atoms with van der Waals surface area (Å²) in [5.41, 5.74) is 3.20. The van der Waals surface area contributed by atoms with Crippen LogP contribution >= 0.6 is 0 Å². The van der Waals surface area contributed by atoms with Crippen molar-refractivity contribution in [2.24, 2.45) is 0 Å². The normalized spacial score (nSPS) is 15.5. The van der Waals surface area contributed by atoms with Crippen molar-refractivity contribution in [2.45, 2.75) is 24.8 Å². The molecule has 1 aliphatic rings. The third-order valence-electron chi connectivity index (χ3n) is 4.27. The predicted molar refractivity (Wildman–Crippen MR) is 85.4 cm³/mol. The molecule has 0 unspecified atom stereocenters. The van der Waals surface area contributed by atoms with Crippen molar-refractivity contribution in [1.82, 2.24) is 18.9 Å². The molecular weight excluding hydrogens is 350 g/mol. The first-order chi connectivity index (χ1) is 11.9. The molecule has 0 amide bonds. The number of hydrogen-bond donors (Lipinski definition) is 0. The van der Waals surface area contributed by atoms with Crippen molar-refractivity contribution < 1.29 is 17.2 Å². The van der Waals surface area contributed by atoms with Gasteiger partial charge in [-0.05, 0) is 25.1 Å². The summed E-state index contributed by atoms with van der Waals surface area (Å²) in [6, 6.07) is 4.45. The molecule has 130 valence electrons. The lowest BCUT2D eigenvalue weighted by atomic mass is 10.1. The van der Waals surface area contributed by atoms with Gasteiger partial charge in [0, 0.05) is 37.3 Å². The molecule has 0 saturated heterocycles. The molecule has 0 bridgehead atoms. The molecular formula is C16H14F2N4O2S. The van der Waals surface area contributed by atoms with Gasteiger partial charge in [-0.3, -0.25) is 0 Å². The highest BCUT2D eigenvalue weighted by molar-refractivity contribution is 7.89. The average Bonchev–Trinajstić information content (AvgIpc) is 2.97. The van der Waals surface area contributed by atoms with Crippen LogP contribution in [0.4, 0.5) is 8.78 Å². The second-order valence-electron chi connectivity index (χ2n) is 5.95. The maximum absolute atomic E-state index is 13.4. The fraction of sp³-hybridized carbons (Fsp3) is 0.250. The van der Waals surface area contributed by atoms with Gasteiger partial charge in [0.25, 0.3) is 0 Å². The van der Waals surface area contributed by atoms with Crippen molar-refractivity contribution in [1.29, 1.82) is 0 Å². The fourth-order valence-corrected chi connectivity index (χ4v) is 4.45. The van der Waals surface area contributed by atoms with Crippen LogP contribution in [0.3, 0.4) is 0 Å². The maximum Gasteiger partial charge on any atom is 0.243 e. The minimum atomic E-state index is -3.92. The zero-order valence-corrected chi connectivity index (χ0v) is 14.1. The van der Waals surface area contributed by atoms with E-state index in [4.69, 9.17) is 0 Å². The van der Waals surface area contributed by atoms with Crippen molar-refractivity contribution in [3.05, 3.63) is 59.0 Å². The van der Waals surface area contributed by atoms with E-state index in [1.165, 1.54) is 4.31 Å². The predicted octanol–water partition coefficient (Wildman–Crippen LogP) is 2.06. The fourth-order valence-electron chi connectivity index (χ4n) is 3.02. The maximum atomic E-state index is 13.4. The number of rotatable bonds is 2. The first kappa shape index (κ1) is 16.1. The van der Waals surface area contributed by atoms with E-state index >= 15 is 0 Å². The Morgan fingerprint density at radius 2 is 1.96 bits per heavy atom. The van der Waals surface area contributed by atoms with Crippen LogP contribution in [0.1, 0.15) is 17.0 Å². The number of sulfonamides is 1. The van der Waals surface area contributed by atoms with Crippen LogP contribution in [0.25, 0.3) is 5.65 Å². The standard InChI is InChI=1S/C16H14F2N4O2S/c1-10-6-16-19-8-11-9-21(5-4-15(11)22(16)20-10)25(23,24)12-2-3-13(17)14(18)7-12/h2-3,6-8H,4-5,9H2,1H3. The molecule has 0 radical (unpaired) electrons. The van der Waals surface area contributed by atoms with E-state index in [1.807, 2.05) is 13.0 Å². The summed E-state index contributed by atoms with van der Waals surface area (Å²) in [5, 5.41) is 4.39. The molecule has 1 aliphatic heterocycles. The number of fused-ring (bicyclic) bond motifs is 3. The van der Waals surface area contributed by atoms with Crippen LogP contribution in [0.2, 0.25) is 0 Å². The second-order valence-corrected chi connectivity index (χ2v) is 7.89. The molecule has 0 fully saturated rings. The minimum Gasteiger partial charge on any atom is -0.237 e. The Kier molecular flexibility index (Phi) is 3.58. The average molecular weight is 364 g/mol. The summed E-state index contributed by atoms with van der Waals surface area (Å²) < 4.78 is 54.9. The van der Waals surface area contributed by atoms with Gasteiger partial charge in [-0.1, -0.05) is 0 Å². The van der Waals surface area contributed by atoms with Gasteiger partial charge in [0.05, 0.1) is 16.3 Å². The van der Waals surface area contributed by atoms with Crippen molar-refractivity contribution in [3.63, 3.8) is 0 Å². The second kappa shape index (κ2) is 5.57. The Bertz CT molecular complexity index is 1090. The Balaban J connectivity index is 1.72. The van der Waals surface area contributed by atoms with Gasteiger partial charge in [-0.2, -0.15) is 9.40 Å². The molecule has 2 aromatic heterocycles. The molecule has 0 saturated carbocycles. The molecule has 3 heterocycles. The van der Waals surface area contributed by atoms with Crippen molar-refractivity contribution in [3.8, 4) is 0 Å². The number of hydrogen-bond acceptors (Lipinski definition) is 4. The topological polar surface area (TPSA) is 67.6 Å². The van der Waals surface area contributed by atoms with Crippen LogP contribution < -0.4 is 0 Å². The van der Waals surface area contributed by atoms with Gasteiger partial charge in [-0.25, -0.2) is 26.7 Å². The Labute approximate surface area is 142 Å². The smallest absolute Gasteiger partial charge is 0.237 e. The monoisotopic (exact) mass is 364 g/mol. The largest absolute Gasteiger partial charge is 0.243 e. The van der Waals surface area contributed by atoms with Crippen molar-refractivity contribution in [2.75, 3.05) is 6.54 Å². The van der Waals surface area contributed by atoms with Crippen LogP contribution in [-0.2, 0) is 23.0 Å². The minimum absolute atomic E-state index is 0.110. The summed E-state index contributed by atoms with van der Waals surface area (Å²) in [5.74, 6) is -2.27. The van der Waals surface area contributed by atoms with Gasteiger partial charge in [0.15, 0.2) is 17.3 Å². The van der Waals surface area contributed by atoms with Crippen LogP contribution in [-0.4, -0.2) is 33.9 Å². The molecule has 6 nitrogen and oxygen atoms in total. The molecule has 25 heavy (non-hydrogen) atoms. The first-order valence-corrected chi connectivity index (χ1v) is 9.08. The number of aryl methyl sites for hydroxylation is 1. The third-order valence-corrected chi connectivity index (χ3v) is 6.11. The summed E-state index contributed by atoms with van der Waals surface area (Å²) in [6.07, 6.45) is 2.09. The lowest BCUT2D eigenvalue weighted by Gasteiger charge is -2.28. The zero-order chi connectivity index (χ0) is 17.8. The van der Waals surface area contributed by atoms with Gasteiger partial charge >= 0.3 is 0 Å². The number of nitrogens with zero attached hydrogens (tertiary/aromatic N) is 4. The number of benzene rings is 1. The summed E-state index contributed by atoms with van der Waals surface area (Å²) >= 11 is 0. The van der Waals surface area contributed by atoms with Gasteiger partial charge in [0.1, 0.15) is 0 Å². The molecule has 1 aromatic carbocycles. The molecule has 0 atom stereocenters. The van der Waals surface area contributed by atoms with E-state index in [2.05, 4.69) is 10.1 Å². The number of aromatic nitrogens is 3. The first-order valence-electron chi connectivity index (χ1n) is 7.64. The summed E-state index contributed by atoms with van der Waals surface area (Å²) in [7, 11) is -3.92. The Morgan fingerprint density at radius 3 is 2.72 bits per heavy atom. The van der Waals surface area contributed by atoms with Crippen LogP contribution in [0.15, 0.2) is 35.4 Å². The number of halogens is 2. The SMILES string of the molecule is Cc1cc2ncc3c(n2n1)CCN(S(=O)(=O)c1ccc(F)c(F)c1)C3. The van der Waals surface area contributed by atoms with Crippen LogP contribution in [0, 0.1) is 18.6 Å². The van der Waals surface area contributed by atoms with E-state index in [0.29, 0.717) is 18.1 Å². The van der Waals surface area contributed by atoms with Gasteiger partial charge in [-0.15, -0.1) is 0 Å². The van der Waals surface area contributed by atoms with Crippen LogP contribution in [0.5, 0.6) is 0 Å². The molecule has 4 rings (SSSR count). The Hall–Kier alpha value is -2.39. The molecule has 9 heteroatoms. The highest BCUT2D eigenvalue weighted by Crippen LogP contribution is 2.26. The molecule has 0 aliphatic carbocycles. The highest BCUT2D eigenvalue weighted by Gasteiger charge is 2.30. The third kappa shape index (κ3) is 2.59. The van der Waals surface area contributed by atoms with E-state index in [9.17, 15) is 17.2 Å².